The maximum absolute atomic E-state index is 12.3. The molecule has 0 atom stereocenters. The largest absolute Gasteiger partial charge is 0.459 e. The minimum atomic E-state index is -0.697. The molecule has 0 spiro atoms. The van der Waals surface area contributed by atoms with E-state index in [1.807, 2.05) is 6.92 Å². The zero-order chi connectivity index (χ0) is 18.4. The highest BCUT2D eigenvalue weighted by atomic mass is 16.3. The van der Waals surface area contributed by atoms with Gasteiger partial charge in [-0.25, -0.2) is 0 Å². The second-order valence-electron chi connectivity index (χ2n) is 6.67. The Balaban J connectivity index is 1.98. The van der Waals surface area contributed by atoms with Gasteiger partial charge in [0.2, 0.25) is 5.91 Å². The van der Waals surface area contributed by atoms with Gasteiger partial charge in [0.15, 0.2) is 11.7 Å². The van der Waals surface area contributed by atoms with Crippen molar-refractivity contribution in [2.24, 2.45) is 16.1 Å². The first-order chi connectivity index (χ1) is 11.8. The molecule has 2 amide bonds. The fraction of sp³-hybridized carbons (Fsp3) is 0.588. The van der Waals surface area contributed by atoms with Crippen molar-refractivity contribution in [1.29, 1.82) is 0 Å². The predicted octanol–water partition coefficient (Wildman–Crippen LogP) is 0.514. The lowest BCUT2D eigenvalue weighted by Crippen LogP contribution is -2.54. The third-order valence-corrected chi connectivity index (χ3v) is 4.22. The molecule has 1 aromatic rings. The van der Waals surface area contributed by atoms with Crippen molar-refractivity contribution in [1.82, 2.24) is 15.1 Å². The summed E-state index contributed by atoms with van der Waals surface area (Å²) in [4.78, 5) is 32.2. The maximum Gasteiger partial charge on any atom is 0.289 e. The number of nitrogens with zero attached hydrogens (tertiary/aromatic N) is 3. The number of nitrogens with one attached hydrogen (secondary N) is 1. The molecular formula is C17H27N5O3. The van der Waals surface area contributed by atoms with E-state index >= 15 is 0 Å². The highest BCUT2D eigenvalue weighted by molar-refractivity contribution is 5.91. The van der Waals surface area contributed by atoms with Gasteiger partial charge in [-0.3, -0.25) is 14.6 Å². The number of carbonyl (C=O) groups is 2. The first-order valence-electron chi connectivity index (χ1n) is 8.51. The van der Waals surface area contributed by atoms with Crippen molar-refractivity contribution in [3.05, 3.63) is 24.2 Å². The van der Waals surface area contributed by atoms with Gasteiger partial charge in [0.25, 0.3) is 5.91 Å². The average Bonchev–Trinajstić information content (AvgIpc) is 3.12. The highest BCUT2D eigenvalue weighted by Crippen LogP contribution is 2.15. The Morgan fingerprint density at radius 2 is 1.92 bits per heavy atom. The zero-order valence-corrected chi connectivity index (χ0v) is 15.1. The van der Waals surface area contributed by atoms with Gasteiger partial charge in [-0.05, 0) is 32.9 Å². The smallest absolute Gasteiger partial charge is 0.289 e. The quantitative estimate of drug-likeness (QED) is 0.595. The minimum absolute atomic E-state index is 0.0959. The molecule has 1 fully saturated rings. The second kappa shape index (κ2) is 8.04. The van der Waals surface area contributed by atoms with Crippen LogP contribution in [0.15, 0.2) is 27.8 Å². The van der Waals surface area contributed by atoms with Gasteiger partial charge in [0.1, 0.15) is 0 Å². The summed E-state index contributed by atoms with van der Waals surface area (Å²) in [5.41, 5.74) is 4.71. The molecule has 1 aromatic heterocycles. The monoisotopic (exact) mass is 349 g/mol. The first-order valence-corrected chi connectivity index (χ1v) is 8.51. The summed E-state index contributed by atoms with van der Waals surface area (Å²) < 4.78 is 5.18. The molecule has 8 heteroatoms. The molecule has 8 nitrogen and oxygen atoms in total. The van der Waals surface area contributed by atoms with Gasteiger partial charge in [-0.15, -0.1) is 0 Å². The Kier molecular flexibility index (Phi) is 6.06. The van der Waals surface area contributed by atoms with Crippen molar-refractivity contribution in [2.45, 2.75) is 20.8 Å². The summed E-state index contributed by atoms with van der Waals surface area (Å²) in [6.07, 6.45) is 1.50. The third kappa shape index (κ3) is 4.74. The van der Waals surface area contributed by atoms with E-state index in [2.05, 4.69) is 15.2 Å². The van der Waals surface area contributed by atoms with E-state index in [0.29, 0.717) is 38.5 Å². The average molecular weight is 349 g/mol. The Morgan fingerprint density at radius 1 is 1.28 bits per heavy atom. The molecule has 25 heavy (non-hydrogen) atoms. The lowest BCUT2D eigenvalue weighted by atomic mass is 9.93. The summed E-state index contributed by atoms with van der Waals surface area (Å²) >= 11 is 0. The second-order valence-corrected chi connectivity index (χ2v) is 6.67. The number of aliphatic imine (C=N–C) groups is 1. The van der Waals surface area contributed by atoms with Crippen LogP contribution in [-0.4, -0.2) is 66.8 Å². The van der Waals surface area contributed by atoms with Crippen LogP contribution in [0.25, 0.3) is 0 Å². The molecule has 0 aromatic carbocycles. The number of furan rings is 1. The van der Waals surface area contributed by atoms with Crippen LogP contribution in [0.1, 0.15) is 31.3 Å². The van der Waals surface area contributed by atoms with Gasteiger partial charge in [0, 0.05) is 32.7 Å². The van der Waals surface area contributed by atoms with E-state index in [1.165, 1.54) is 6.26 Å². The number of carbonyl (C=O) groups excluding carboxylic acids is 2. The first kappa shape index (κ1) is 18.8. The highest BCUT2D eigenvalue weighted by Gasteiger charge is 2.27. The summed E-state index contributed by atoms with van der Waals surface area (Å²) in [6, 6.07) is 3.38. The predicted molar refractivity (Wildman–Crippen MR) is 95.1 cm³/mol. The van der Waals surface area contributed by atoms with E-state index < -0.39 is 5.41 Å². The van der Waals surface area contributed by atoms with E-state index in [9.17, 15) is 9.59 Å². The van der Waals surface area contributed by atoms with Crippen LogP contribution in [0.5, 0.6) is 0 Å². The Labute approximate surface area is 148 Å². The lowest BCUT2D eigenvalue weighted by molar-refractivity contribution is -0.125. The van der Waals surface area contributed by atoms with Crippen molar-refractivity contribution in [2.75, 3.05) is 39.3 Å². The minimum Gasteiger partial charge on any atom is -0.459 e. The number of guanidine groups is 1. The van der Waals surface area contributed by atoms with E-state index in [0.717, 1.165) is 12.5 Å². The van der Waals surface area contributed by atoms with Crippen molar-refractivity contribution in [3.63, 3.8) is 0 Å². The van der Waals surface area contributed by atoms with Crippen LogP contribution in [0.2, 0.25) is 0 Å². The molecule has 138 valence electrons. The van der Waals surface area contributed by atoms with Crippen molar-refractivity contribution < 1.29 is 14.0 Å². The van der Waals surface area contributed by atoms with E-state index in [-0.39, 0.29) is 11.8 Å². The van der Waals surface area contributed by atoms with Gasteiger partial charge in [0.05, 0.1) is 18.2 Å². The summed E-state index contributed by atoms with van der Waals surface area (Å²) in [5.74, 6) is 0.626. The van der Waals surface area contributed by atoms with Crippen LogP contribution in [-0.2, 0) is 4.79 Å². The molecule has 3 N–H and O–H groups in total. The molecule has 2 heterocycles. The Bertz CT molecular complexity index is 616. The van der Waals surface area contributed by atoms with Crippen LogP contribution >= 0.6 is 0 Å². The fourth-order valence-corrected chi connectivity index (χ4v) is 2.45. The Hall–Kier alpha value is -2.51. The third-order valence-electron chi connectivity index (χ3n) is 4.22. The van der Waals surface area contributed by atoms with Crippen LogP contribution < -0.4 is 11.1 Å². The van der Waals surface area contributed by atoms with Gasteiger partial charge in [-0.1, -0.05) is 0 Å². The lowest BCUT2D eigenvalue weighted by Gasteiger charge is -2.36. The van der Waals surface area contributed by atoms with E-state index in [4.69, 9.17) is 10.2 Å². The molecule has 1 saturated heterocycles. The number of hydrogen-bond donors (Lipinski definition) is 2. The van der Waals surface area contributed by atoms with Crippen LogP contribution in [0, 0.1) is 5.41 Å². The Morgan fingerprint density at radius 3 is 2.44 bits per heavy atom. The summed E-state index contributed by atoms with van der Waals surface area (Å²) in [5, 5.41) is 3.24. The molecule has 2 rings (SSSR count). The zero-order valence-electron chi connectivity index (χ0n) is 15.1. The van der Waals surface area contributed by atoms with Crippen LogP contribution in [0.4, 0.5) is 0 Å². The molecule has 0 saturated carbocycles. The molecule has 0 unspecified atom stereocenters. The number of primary amides is 1. The number of piperazine rings is 1. The van der Waals surface area contributed by atoms with Gasteiger partial charge < -0.3 is 25.3 Å². The van der Waals surface area contributed by atoms with Crippen LogP contribution in [0.3, 0.4) is 0 Å². The molecular weight excluding hydrogens is 322 g/mol. The number of rotatable bonds is 5. The normalized spacial score (nSPS) is 16.0. The number of amides is 2. The fourth-order valence-electron chi connectivity index (χ4n) is 2.45. The van der Waals surface area contributed by atoms with Crippen molar-refractivity contribution >= 4 is 17.8 Å². The molecule has 0 aliphatic carbocycles. The van der Waals surface area contributed by atoms with E-state index in [1.54, 1.807) is 30.9 Å². The summed E-state index contributed by atoms with van der Waals surface area (Å²) in [6.45, 7) is 9.09. The number of hydrogen-bond acceptors (Lipinski definition) is 4. The molecule has 1 aliphatic rings. The summed E-state index contributed by atoms with van der Waals surface area (Å²) in [7, 11) is 0. The molecule has 0 bridgehead atoms. The van der Waals surface area contributed by atoms with Gasteiger partial charge in [-0.2, -0.15) is 0 Å². The molecule has 0 radical (unpaired) electrons. The van der Waals surface area contributed by atoms with Crippen molar-refractivity contribution in [3.8, 4) is 0 Å². The SMILES string of the molecule is CCNC(=NCC(C)(C)C(N)=O)N1CCN(C(=O)c2ccco2)CC1. The topological polar surface area (TPSA) is 104 Å². The molecule has 1 aliphatic heterocycles. The standard InChI is InChI=1S/C17H27N5O3/c1-4-19-16(20-12-17(2,3)15(18)24)22-9-7-21(8-10-22)14(23)13-6-5-11-25-13/h5-6,11H,4,7-10,12H2,1-3H3,(H2,18,24)(H,19,20). The van der Waals surface area contributed by atoms with Gasteiger partial charge >= 0.3 is 0 Å². The number of nitrogens with two attached hydrogens (primary N) is 1. The maximum atomic E-state index is 12.3.